The second kappa shape index (κ2) is 11.9. The van der Waals surface area contributed by atoms with Gasteiger partial charge in [-0.3, -0.25) is 14.6 Å². The van der Waals surface area contributed by atoms with Crippen molar-refractivity contribution >= 4 is 35.1 Å². The molecule has 1 N–H and O–H groups in total. The number of likely N-dealkylation sites (tertiary alicyclic amines) is 1. The van der Waals surface area contributed by atoms with Gasteiger partial charge in [0, 0.05) is 39.8 Å². The van der Waals surface area contributed by atoms with Crippen LogP contribution in [0.5, 0.6) is 0 Å². The molecule has 0 unspecified atom stereocenters. The van der Waals surface area contributed by atoms with E-state index in [4.69, 9.17) is 23.2 Å². The summed E-state index contributed by atoms with van der Waals surface area (Å²) >= 11 is 12.6. The summed E-state index contributed by atoms with van der Waals surface area (Å²) in [6.07, 6.45) is 4.21. The van der Waals surface area contributed by atoms with Crippen molar-refractivity contribution in [3.63, 3.8) is 0 Å². The Hall–Kier alpha value is -2.89. The van der Waals surface area contributed by atoms with Crippen molar-refractivity contribution in [2.24, 2.45) is 5.92 Å². The Labute approximate surface area is 222 Å². The van der Waals surface area contributed by atoms with E-state index in [1.54, 1.807) is 6.20 Å². The van der Waals surface area contributed by atoms with E-state index in [-0.39, 0.29) is 30.3 Å². The number of hydrogen-bond acceptors (Lipinski definition) is 3. The average Bonchev–Trinajstić information content (AvgIpc) is 2.87. The van der Waals surface area contributed by atoms with E-state index in [0.717, 1.165) is 36.1 Å². The number of benzene rings is 2. The first-order valence-corrected chi connectivity index (χ1v) is 13.1. The lowest BCUT2D eigenvalue weighted by Crippen LogP contribution is -2.52. The first-order chi connectivity index (χ1) is 17.4. The molecule has 1 aromatic heterocycles. The summed E-state index contributed by atoms with van der Waals surface area (Å²) in [5.41, 5.74) is 2.94. The van der Waals surface area contributed by atoms with Gasteiger partial charge in [-0.1, -0.05) is 60.5 Å². The number of aryl methyl sites for hydroxylation is 1. The third-order valence-corrected chi connectivity index (χ3v) is 7.54. The van der Waals surface area contributed by atoms with Crippen LogP contribution in [0.25, 0.3) is 0 Å². The van der Waals surface area contributed by atoms with Gasteiger partial charge in [-0.25, -0.2) is 0 Å². The highest BCUT2D eigenvalue weighted by molar-refractivity contribution is 6.30. The van der Waals surface area contributed by atoms with Crippen molar-refractivity contribution < 1.29 is 14.7 Å². The smallest absolute Gasteiger partial charge is 0.304 e. The van der Waals surface area contributed by atoms with Crippen molar-refractivity contribution in [2.45, 2.75) is 57.0 Å². The maximum absolute atomic E-state index is 14.0. The molecule has 0 bridgehead atoms. The van der Waals surface area contributed by atoms with Gasteiger partial charge in [-0.05, 0) is 73.2 Å². The molecule has 1 fully saturated rings. The molecular weight excluding hydrogens is 495 g/mol. The first kappa shape index (κ1) is 26.2. The number of carbonyl (C=O) groups is 2. The zero-order valence-electron chi connectivity index (χ0n) is 20.2. The van der Waals surface area contributed by atoms with E-state index in [0.29, 0.717) is 16.5 Å². The molecule has 0 saturated carbocycles. The number of carboxylic acids is 1. The van der Waals surface area contributed by atoms with Gasteiger partial charge in [-0.2, -0.15) is 0 Å². The van der Waals surface area contributed by atoms with Crippen LogP contribution in [0.4, 0.5) is 0 Å². The average molecular weight is 525 g/mol. The molecule has 4 rings (SSSR count). The first-order valence-electron chi connectivity index (χ1n) is 12.3. The van der Waals surface area contributed by atoms with E-state index in [2.05, 4.69) is 11.9 Å². The Kier molecular flexibility index (Phi) is 8.65. The summed E-state index contributed by atoms with van der Waals surface area (Å²) in [5.74, 6) is -1.80. The minimum atomic E-state index is -0.968. The number of carboxylic acid groups (broad SMARTS) is 1. The largest absolute Gasteiger partial charge is 0.481 e. The number of carbonyl (C=O) groups excluding carboxylic acids is 1. The fraction of sp³-hybridized carbons (Fsp3) is 0.345. The summed E-state index contributed by atoms with van der Waals surface area (Å²) < 4.78 is 0. The minimum absolute atomic E-state index is 0.0848. The SMILES string of the molecule is CC[C@@H](CCc1ccccn1)N1C(=O)[C@@H](CC(=O)O)C[C@H](c2cccc(Cl)c2)[C@H]1c1ccc(Cl)cc1. The molecule has 4 atom stereocenters. The molecule has 1 saturated heterocycles. The minimum Gasteiger partial charge on any atom is -0.481 e. The van der Waals surface area contributed by atoms with Crippen molar-refractivity contribution in [3.05, 3.63) is 99.8 Å². The van der Waals surface area contributed by atoms with Crippen LogP contribution >= 0.6 is 23.2 Å². The van der Waals surface area contributed by atoms with E-state index >= 15 is 0 Å². The molecule has 0 aliphatic carbocycles. The second-order valence-electron chi connectivity index (χ2n) is 9.36. The standard InChI is InChI=1S/C29H30Cl2N2O3/c1-2-25(14-13-24-8-3-4-15-32-24)33-28(19-9-11-22(30)12-10-19)26(20-6-5-7-23(31)16-20)17-21(29(33)36)18-27(34)35/h3-12,15-16,21,25-26,28H,2,13-14,17-18H2,1H3,(H,34,35)/t21-,25+,26-,28-/m1/s1. The Balaban J connectivity index is 1.79. The molecule has 0 radical (unpaired) electrons. The molecule has 5 nitrogen and oxygen atoms in total. The zero-order chi connectivity index (χ0) is 25.7. The third-order valence-electron chi connectivity index (χ3n) is 7.06. The number of halogens is 2. The lowest BCUT2D eigenvalue weighted by atomic mass is 9.74. The monoisotopic (exact) mass is 524 g/mol. The van der Waals surface area contributed by atoms with Gasteiger partial charge in [0.05, 0.1) is 12.5 Å². The van der Waals surface area contributed by atoms with Gasteiger partial charge < -0.3 is 10.0 Å². The molecule has 1 amide bonds. The van der Waals surface area contributed by atoms with Gasteiger partial charge in [0.15, 0.2) is 0 Å². The molecule has 1 aliphatic heterocycles. The van der Waals surface area contributed by atoms with Crippen LogP contribution in [0.15, 0.2) is 72.9 Å². The Morgan fingerprint density at radius 3 is 2.47 bits per heavy atom. The Morgan fingerprint density at radius 2 is 1.83 bits per heavy atom. The molecule has 0 spiro atoms. The Morgan fingerprint density at radius 1 is 1.06 bits per heavy atom. The quantitative estimate of drug-likeness (QED) is 0.328. The predicted octanol–water partition coefficient (Wildman–Crippen LogP) is 6.95. The van der Waals surface area contributed by atoms with Crippen molar-refractivity contribution in [1.82, 2.24) is 9.88 Å². The van der Waals surface area contributed by atoms with Crippen molar-refractivity contribution in [2.75, 3.05) is 0 Å². The second-order valence-corrected chi connectivity index (χ2v) is 10.2. The molecule has 36 heavy (non-hydrogen) atoms. The number of pyridine rings is 1. The fourth-order valence-electron chi connectivity index (χ4n) is 5.38. The van der Waals surface area contributed by atoms with E-state index < -0.39 is 11.9 Å². The van der Waals surface area contributed by atoms with Gasteiger partial charge in [0.2, 0.25) is 5.91 Å². The van der Waals surface area contributed by atoms with E-state index in [1.807, 2.05) is 71.6 Å². The van der Waals surface area contributed by atoms with Crippen LogP contribution in [0.1, 0.15) is 61.4 Å². The topological polar surface area (TPSA) is 70.5 Å². The summed E-state index contributed by atoms with van der Waals surface area (Å²) in [6.45, 7) is 2.07. The van der Waals surface area contributed by atoms with Crippen LogP contribution in [-0.4, -0.2) is 32.9 Å². The predicted molar refractivity (Wildman–Crippen MR) is 142 cm³/mol. The van der Waals surface area contributed by atoms with Gasteiger partial charge in [0.1, 0.15) is 0 Å². The fourth-order valence-corrected chi connectivity index (χ4v) is 5.70. The zero-order valence-corrected chi connectivity index (χ0v) is 21.7. The number of amides is 1. The number of aromatic nitrogens is 1. The van der Waals surface area contributed by atoms with Crippen LogP contribution < -0.4 is 0 Å². The van der Waals surface area contributed by atoms with Crippen LogP contribution in [0.2, 0.25) is 10.0 Å². The number of rotatable bonds is 9. The third kappa shape index (κ3) is 6.08. The number of piperidine rings is 1. The van der Waals surface area contributed by atoms with Crippen molar-refractivity contribution in [3.8, 4) is 0 Å². The number of aliphatic carboxylic acids is 1. The molecule has 2 aromatic carbocycles. The Bertz CT molecular complexity index is 1190. The highest BCUT2D eigenvalue weighted by Gasteiger charge is 2.45. The van der Waals surface area contributed by atoms with Gasteiger partial charge in [-0.15, -0.1) is 0 Å². The molecule has 7 heteroatoms. The molecular formula is C29H30Cl2N2O3. The maximum atomic E-state index is 14.0. The molecule has 188 valence electrons. The van der Waals surface area contributed by atoms with Gasteiger partial charge in [0.25, 0.3) is 0 Å². The molecule has 2 heterocycles. The van der Waals surface area contributed by atoms with Crippen molar-refractivity contribution in [1.29, 1.82) is 0 Å². The normalized spacial score (nSPS) is 20.8. The number of nitrogens with zero attached hydrogens (tertiary/aromatic N) is 2. The highest BCUT2D eigenvalue weighted by Crippen LogP contribution is 2.48. The van der Waals surface area contributed by atoms with E-state index in [1.165, 1.54) is 0 Å². The highest BCUT2D eigenvalue weighted by atomic mass is 35.5. The lowest BCUT2D eigenvalue weighted by Gasteiger charge is -2.48. The van der Waals surface area contributed by atoms with Crippen LogP contribution in [0.3, 0.4) is 0 Å². The lowest BCUT2D eigenvalue weighted by molar-refractivity contribution is -0.152. The molecule has 1 aliphatic rings. The van der Waals surface area contributed by atoms with E-state index in [9.17, 15) is 14.7 Å². The summed E-state index contributed by atoms with van der Waals surface area (Å²) in [4.78, 5) is 32.1. The van der Waals surface area contributed by atoms with Crippen LogP contribution in [-0.2, 0) is 16.0 Å². The maximum Gasteiger partial charge on any atom is 0.304 e. The molecule has 3 aromatic rings. The summed E-state index contributed by atoms with van der Waals surface area (Å²) in [6, 6.07) is 20.8. The summed E-state index contributed by atoms with van der Waals surface area (Å²) in [5, 5.41) is 10.9. The van der Waals surface area contributed by atoms with Gasteiger partial charge >= 0.3 is 5.97 Å². The number of hydrogen-bond donors (Lipinski definition) is 1. The summed E-state index contributed by atoms with van der Waals surface area (Å²) in [7, 11) is 0. The van der Waals surface area contributed by atoms with Crippen LogP contribution in [0, 0.1) is 5.92 Å².